The Morgan fingerprint density at radius 1 is 0.641 bits per heavy atom. The average Bonchev–Trinajstić information content (AvgIpc) is 3.85. The van der Waals surface area contributed by atoms with E-state index in [1.54, 1.807) is 47.6 Å². The maximum atomic E-state index is 14.3. The lowest BCUT2D eigenvalue weighted by Crippen LogP contribution is -2.45. The van der Waals surface area contributed by atoms with E-state index in [0.29, 0.717) is 79.0 Å². The molecule has 0 fully saturated rings. The van der Waals surface area contributed by atoms with Crippen molar-refractivity contribution < 1.29 is 47.6 Å². The molecule has 0 aromatic heterocycles. The van der Waals surface area contributed by atoms with Gasteiger partial charge < -0.3 is 44.0 Å². The van der Waals surface area contributed by atoms with Crippen molar-refractivity contribution in [1.29, 1.82) is 0 Å². The Kier molecular flexibility index (Phi) is 15.6. The van der Waals surface area contributed by atoms with E-state index in [0.717, 1.165) is 23.2 Å². The first-order valence-corrected chi connectivity index (χ1v) is 29.4. The van der Waals surface area contributed by atoms with Gasteiger partial charge in [0.25, 0.3) is 23.6 Å². The fourth-order valence-electron chi connectivity index (χ4n) is 7.82. The number of carbonyl (C=O) groups is 4. The minimum atomic E-state index is -1.41. The molecule has 2 N–H and O–H groups in total. The summed E-state index contributed by atoms with van der Waals surface area (Å²) in [5.74, 6) is 0.202. The minimum Gasteiger partial charge on any atom is -0.493 e. The summed E-state index contributed by atoms with van der Waals surface area (Å²) in [6.07, 6.45) is 12.1. The van der Waals surface area contributed by atoms with Crippen LogP contribution in [0.25, 0.3) is 0 Å². The molecular formula is C47H65N5O10Si2. The van der Waals surface area contributed by atoms with Crippen molar-refractivity contribution in [1.82, 2.24) is 9.80 Å². The predicted octanol–water partition coefficient (Wildman–Crippen LogP) is 7.16. The van der Waals surface area contributed by atoms with Crippen molar-refractivity contribution in [3.05, 3.63) is 83.2 Å². The van der Waals surface area contributed by atoms with Gasteiger partial charge in [-0.2, -0.15) is 0 Å². The molecular weight excluding hydrogens is 851 g/mol. The summed E-state index contributed by atoms with van der Waals surface area (Å²) >= 11 is 0. The normalized spacial score (nSPS) is 18.8. The lowest BCUT2D eigenvalue weighted by Gasteiger charge is -2.27. The molecule has 4 heterocycles. The number of ether oxygens (including phenoxy) is 6. The highest BCUT2D eigenvalue weighted by Gasteiger charge is 2.44. The second kappa shape index (κ2) is 20.7. The third-order valence-corrected chi connectivity index (χ3v) is 14.8. The Morgan fingerprint density at radius 3 is 1.47 bits per heavy atom. The topological polar surface area (TPSA) is 163 Å². The first kappa shape index (κ1) is 48.3. The van der Waals surface area contributed by atoms with Gasteiger partial charge in [0, 0.05) is 79.7 Å². The van der Waals surface area contributed by atoms with Crippen LogP contribution in [0.5, 0.6) is 23.0 Å². The zero-order valence-corrected chi connectivity index (χ0v) is 40.9. The molecule has 15 nitrogen and oxygen atoms in total. The monoisotopic (exact) mass is 915 g/mol. The standard InChI is InChI=1S/C47H65N5O10Si2/c1-10-13-32-22-38-46(55)51(30-59-18-20-63(4,5)6)36-26-42(40(57-2)24-34(36)44(53)49(38)28-32)61-16-12-17-62-43-27-37-35(25-41(43)58-3)45(54)50-29-33(14-11-15-48)23-39(50)47(56)52(37)31-60-19-21-64(7,8)9/h10-11,13-14,24-29,38-39H,12,15-23,30-31,48H2,1-9H3/t38-,39-/m0/s1. The molecule has 0 saturated heterocycles. The summed E-state index contributed by atoms with van der Waals surface area (Å²) < 4.78 is 36.3. The molecule has 2 atom stereocenters. The van der Waals surface area contributed by atoms with Crippen molar-refractivity contribution in [3.63, 3.8) is 0 Å². The average molecular weight is 916 g/mol. The summed E-state index contributed by atoms with van der Waals surface area (Å²) in [6.45, 7) is 17.1. The fourth-order valence-corrected chi connectivity index (χ4v) is 9.33. The molecule has 0 saturated carbocycles. The first-order valence-electron chi connectivity index (χ1n) is 22.0. The number of nitrogens with two attached hydrogens (primary N) is 1. The molecule has 0 unspecified atom stereocenters. The number of carbonyl (C=O) groups excluding carboxylic acids is 4. The van der Waals surface area contributed by atoms with E-state index in [4.69, 9.17) is 34.2 Å². The van der Waals surface area contributed by atoms with Crippen LogP contribution in [0.2, 0.25) is 51.4 Å². The zero-order chi connectivity index (χ0) is 46.3. The second-order valence-electron chi connectivity index (χ2n) is 18.7. The third-order valence-electron chi connectivity index (χ3n) is 11.4. The molecule has 17 heteroatoms. The number of hydrogen-bond acceptors (Lipinski definition) is 11. The number of allylic oxidation sites excluding steroid dienone is 3. The van der Waals surface area contributed by atoms with Crippen molar-refractivity contribution in [2.45, 2.75) is 89.6 Å². The van der Waals surface area contributed by atoms with Gasteiger partial charge >= 0.3 is 0 Å². The Labute approximate surface area is 379 Å². The number of fused-ring (bicyclic) bond motifs is 4. The first-order chi connectivity index (χ1) is 30.5. The highest BCUT2D eigenvalue weighted by molar-refractivity contribution is 6.76. The molecule has 2 aromatic carbocycles. The third kappa shape index (κ3) is 11.2. The van der Waals surface area contributed by atoms with Gasteiger partial charge in [-0.05, 0) is 42.3 Å². The quantitative estimate of drug-likeness (QED) is 0.1000. The molecule has 0 spiro atoms. The zero-order valence-electron chi connectivity index (χ0n) is 38.9. The number of benzene rings is 2. The lowest BCUT2D eigenvalue weighted by molar-refractivity contribution is -0.123. The highest BCUT2D eigenvalue weighted by Crippen LogP contribution is 2.43. The molecule has 0 radical (unpaired) electrons. The van der Waals surface area contributed by atoms with Crippen LogP contribution >= 0.6 is 0 Å². The van der Waals surface area contributed by atoms with E-state index in [9.17, 15) is 19.2 Å². The van der Waals surface area contributed by atoms with Crippen LogP contribution in [0.4, 0.5) is 11.4 Å². The Bertz CT molecular complexity index is 2210. The van der Waals surface area contributed by atoms with Crippen LogP contribution in [0.3, 0.4) is 0 Å². The van der Waals surface area contributed by atoms with Gasteiger partial charge in [0.2, 0.25) is 0 Å². The molecule has 0 aliphatic carbocycles. The van der Waals surface area contributed by atoms with Gasteiger partial charge in [-0.1, -0.05) is 63.6 Å². The number of nitrogens with zero attached hydrogens (tertiary/aromatic N) is 4. The number of anilines is 2. The van der Waals surface area contributed by atoms with E-state index < -0.39 is 28.2 Å². The van der Waals surface area contributed by atoms with Gasteiger partial charge in [0.15, 0.2) is 23.0 Å². The van der Waals surface area contributed by atoms with Crippen LogP contribution in [-0.4, -0.2) is 122 Å². The smallest absolute Gasteiger partial charge is 0.260 e. The van der Waals surface area contributed by atoms with Crippen LogP contribution in [-0.2, 0) is 19.1 Å². The Balaban J connectivity index is 1.21. The lowest BCUT2D eigenvalue weighted by atomic mass is 10.1. The van der Waals surface area contributed by atoms with Crippen molar-refractivity contribution in [2.75, 3.05) is 70.5 Å². The van der Waals surface area contributed by atoms with Crippen molar-refractivity contribution in [3.8, 4) is 23.0 Å². The van der Waals surface area contributed by atoms with E-state index in [2.05, 4.69) is 39.3 Å². The molecule has 346 valence electrons. The Morgan fingerprint density at radius 2 is 1.08 bits per heavy atom. The Hall–Kier alpha value is -5.21. The number of methoxy groups -OCH3 is 2. The van der Waals surface area contributed by atoms with E-state index >= 15 is 0 Å². The maximum Gasteiger partial charge on any atom is 0.260 e. The minimum absolute atomic E-state index is 0.0170. The van der Waals surface area contributed by atoms with E-state index in [1.165, 1.54) is 28.9 Å². The van der Waals surface area contributed by atoms with Crippen LogP contribution in [0.1, 0.15) is 46.9 Å². The molecule has 64 heavy (non-hydrogen) atoms. The highest BCUT2D eigenvalue weighted by atomic mass is 28.3. The molecule has 6 rings (SSSR count). The summed E-state index contributed by atoms with van der Waals surface area (Å²) in [5, 5.41) is 0. The van der Waals surface area contributed by atoms with Gasteiger partial charge in [0.1, 0.15) is 25.5 Å². The predicted molar refractivity (Wildman–Crippen MR) is 253 cm³/mol. The van der Waals surface area contributed by atoms with Crippen LogP contribution in [0.15, 0.2) is 72.1 Å². The number of hydrogen-bond donors (Lipinski definition) is 1. The second-order valence-corrected chi connectivity index (χ2v) is 30.0. The summed E-state index contributed by atoms with van der Waals surface area (Å²) in [6, 6.07) is 6.96. The SMILES string of the molecule is CC=CC1=CN2C(=O)c3cc(OC)c(OCCCOc4cc5c(cc4OC)C(=O)N4C=C(C=CCN)C[C@H]4C(=O)N5COCC[Si](C)(C)C)cc3N(COCC[Si](C)(C)C)C(=O)[C@@H]2C1. The van der Waals surface area contributed by atoms with Gasteiger partial charge in [-0.15, -0.1) is 0 Å². The van der Waals surface area contributed by atoms with Gasteiger partial charge in [-0.25, -0.2) is 0 Å². The number of amides is 4. The maximum absolute atomic E-state index is 14.3. The molecule has 0 bridgehead atoms. The summed E-state index contributed by atoms with van der Waals surface area (Å²) in [7, 11) is 0.181. The molecule has 4 aliphatic heterocycles. The van der Waals surface area contributed by atoms with Crippen molar-refractivity contribution >= 4 is 51.2 Å². The van der Waals surface area contributed by atoms with E-state index in [-0.39, 0.29) is 55.9 Å². The largest absolute Gasteiger partial charge is 0.493 e. The summed E-state index contributed by atoms with van der Waals surface area (Å²) in [5.41, 5.74) is 8.76. The van der Waals surface area contributed by atoms with Gasteiger partial charge in [-0.3, -0.25) is 29.0 Å². The number of rotatable bonds is 21. The summed E-state index contributed by atoms with van der Waals surface area (Å²) in [4.78, 5) is 62.9. The van der Waals surface area contributed by atoms with Crippen LogP contribution < -0.4 is 34.5 Å². The molecule has 4 amide bonds. The fraction of sp³-hybridized carbons (Fsp3) is 0.489. The molecule has 4 aliphatic rings. The molecule has 2 aromatic rings. The van der Waals surface area contributed by atoms with E-state index in [1.807, 2.05) is 25.2 Å². The van der Waals surface area contributed by atoms with Crippen LogP contribution in [0, 0.1) is 0 Å². The van der Waals surface area contributed by atoms with Crippen molar-refractivity contribution in [2.24, 2.45) is 5.73 Å². The van der Waals surface area contributed by atoms with Gasteiger partial charge in [0.05, 0.1) is 49.9 Å².